The molecule has 0 aliphatic heterocycles. The molecule has 0 aromatic heterocycles. The average molecular weight is 299 g/mol. The summed E-state index contributed by atoms with van der Waals surface area (Å²) in [6.07, 6.45) is 2.31. The van der Waals surface area contributed by atoms with Crippen LogP contribution in [0.15, 0.2) is 22.7 Å². The van der Waals surface area contributed by atoms with E-state index >= 15 is 0 Å². The van der Waals surface area contributed by atoms with Crippen LogP contribution < -0.4 is 10.5 Å². The van der Waals surface area contributed by atoms with Crippen molar-refractivity contribution < 1.29 is 4.74 Å². The van der Waals surface area contributed by atoms with Crippen molar-refractivity contribution in [3.8, 4) is 5.75 Å². The van der Waals surface area contributed by atoms with E-state index in [1.165, 1.54) is 5.56 Å². The molecule has 0 unspecified atom stereocenters. The van der Waals surface area contributed by atoms with E-state index in [1.54, 1.807) is 7.11 Å². The molecule has 94 valence electrons. The topological polar surface area (TPSA) is 38.5 Å². The van der Waals surface area contributed by atoms with Crippen LogP contribution in [-0.4, -0.2) is 31.1 Å². The third-order valence-corrected chi connectivity index (χ3v) is 3.77. The van der Waals surface area contributed by atoms with E-state index in [4.69, 9.17) is 10.5 Å². The monoisotopic (exact) mass is 298 g/mol. The molecule has 3 nitrogen and oxygen atoms in total. The van der Waals surface area contributed by atoms with Gasteiger partial charge in [-0.1, -0.05) is 6.07 Å². The summed E-state index contributed by atoms with van der Waals surface area (Å²) < 4.78 is 6.21. The SMILES string of the molecule is COc1ccc(CN(C)CC2(N)CC2)cc1Br. The number of nitrogens with two attached hydrogens (primary N) is 1. The van der Waals surface area contributed by atoms with Crippen molar-refractivity contribution in [3.63, 3.8) is 0 Å². The summed E-state index contributed by atoms with van der Waals surface area (Å²) in [4.78, 5) is 2.28. The Labute approximate surface area is 111 Å². The Kier molecular flexibility index (Phi) is 3.76. The van der Waals surface area contributed by atoms with E-state index in [0.717, 1.165) is 36.2 Å². The molecule has 4 heteroatoms. The summed E-state index contributed by atoms with van der Waals surface area (Å²) in [5, 5.41) is 0. The van der Waals surface area contributed by atoms with Gasteiger partial charge in [0.1, 0.15) is 5.75 Å². The van der Waals surface area contributed by atoms with Gasteiger partial charge in [0.15, 0.2) is 0 Å². The number of nitrogens with zero attached hydrogens (tertiary/aromatic N) is 1. The molecule has 1 aliphatic carbocycles. The standard InChI is InChI=1S/C13H19BrN2O/c1-16(9-13(15)5-6-13)8-10-3-4-12(17-2)11(14)7-10/h3-4,7H,5-6,8-9,15H2,1-2H3. The highest BCUT2D eigenvalue weighted by molar-refractivity contribution is 9.10. The molecule has 0 heterocycles. The molecular formula is C13H19BrN2O. The molecule has 17 heavy (non-hydrogen) atoms. The van der Waals surface area contributed by atoms with Gasteiger partial charge < -0.3 is 15.4 Å². The lowest BCUT2D eigenvalue weighted by Gasteiger charge is -2.21. The van der Waals surface area contributed by atoms with Crippen LogP contribution in [0.4, 0.5) is 0 Å². The quantitative estimate of drug-likeness (QED) is 0.907. The number of ether oxygens (including phenoxy) is 1. The molecule has 1 aromatic rings. The van der Waals surface area contributed by atoms with Crippen LogP contribution in [0.5, 0.6) is 5.75 Å². The minimum atomic E-state index is 0.0818. The second kappa shape index (κ2) is 4.96. The first kappa shape index (κ1) is 12.9. The first-order chi connectivity index (χ1) is 8.02. The Hall–Kier alpha value is -0.580. The van der Waals surface area contributed by atoms with Gasteiger partial charge in [-0.2, -0.15) is 0 Å². The van der Waals surface area contributed by atoms with Gasteiger partial charge in [-0.25, -0.2) is 0 Å². The minimum absolute atomic E-state index is 0.0818. The van der Waals surface area contributed by atoms with Crippen LogP contribution in [0.3, 0.4) is 0 Å². The fourth-order valence-electron chi connectivity index (χ4n) is 2.03. The molecule has 0 spiro atoms. The maximum atomic E-state index is 6.11. The number of hydrogen-bond donors (Lipinski definition) is 1. The second-order valence-electron chi connectivity index (χ2n) is 5.00. The Bertz CT molecular complexity index is 404. The Morgan fingerprint density at radius 1 is 1.47 bits per heavy atom. The lowest BCUT2D eigenvalue weighted by Crippen LogP contribution is -2.36. The number of rotatable bonds is 5. The molecule has 1 fully saturated rings. The minimum Gasteiger partial charge on any atom is -0.496 e. The van der Waals surface area contributed by atoms with E-state index in [9.17, 15) is 0 Å². The van der Waals surface area contributed by atoms with E-state index in [0.29, 0.717) is 0 Å². The van der Waals surface area contributed by atoms with Crippen LogP contribution >= 0.6 is 15.9 Å². The highest BCUT2D eigenvalue weighted by Gasteiger charge is 2.38. The van der Waals surface area contributed by atoms with Crippen LogP contribution in [0.25, 0.3) is 0 Å². The van der Waals surface area contributed by atoms with Gasteiger partial charge in [0.05, 0.1) is 11.6 Å². The van der Waals surface area contributed by atoms with Crippen LogP contribution in [0, 0.1) is 0 Å². The Morgan fingerprint density at radius 2 is 2.18 bits per heavy atom. The fraction of sp³-hybridized carbons (Fsp3) is 0.538. The van der Waals surface area contributed by atoms with Crippen LogP contribution in [0.1, 0.15) is 18.4 Å². The highest BCUT2D eigenvalue weighted by Crippen LogP contribution is 2.33. The van der Waals surface area contributed by atoms with Gasteiger partial charge in [0.25, 0.3) is 0 Å². The highest BCUT2D eigenvalue weighted by atomic mass is 79.9. The van der Waals surface area contributed by atoms with E-state index in [1.807, 2.05) is 6.07 Å². The second-order valence-corrected chi connectivity index (χ2v) is 5.86. The average Bonchev–Trinajstić information content (AvgIpc) is 2.95. The molecule has 0 radical (unpaired) electrons. The molecule has 2 rings (SSSR count). The number of methoxy groups -OCH3 is 1. The lowest BCUT2D eigenvalue weighted by atomic mass is 10.2. The van der Waals surface area contributed by atoms with Gasteiger partial charge in [-0.15, -0.1) is 0 Å². The first-order valence-corrected chi connectivity index (χ1v) is 6.61. The zero-order chi connectivity index (χ0) is 12.5. The van der Waals surface area contributed by atoms with Crippen molar-refractivity contribution in [1.29, 1.82) is 0 Å². The first-order valence-electron chi connectivity index (χ1n) is 5.82. The lowest BCUT2D eigenvalue weighted by molar-refractivity contribution is 0.295. The van der Waals surface area contributed by atoms with Crippen LogP contribution in [0.2, 0.25) is 0 Å². The normalized spacial score (nSPS) is 17.2. The molecule has 0 saturated heterocycles. The Balaban J connectivity index is 1.96. The predicted octanol–water partition coefficient (Wildman–Crippen LogP) is 2.38. The van der Waals surface area contributed by atoms with E-state index in [-0.39, 0.29) is 5.54 Å². The van der Waals surface area contributed by atoms with Gasteiger partial charge in [-0.3, -0.25) is 0 Å². The van der Waals surface area contributed by atoms with Crippen molar-refractivity contribution in [2.24, 2.45) is 5.73 Å². The third kappa shape index (κ3) is 3.44. The number of hydrogen-bond acceptors (Lipinski definition) is 3. The summed E-state index contributed by atoms with van der Waals surface area (Å²) in [5.41, 5.74) is 7.46. The van der Waals surface area contributed by atoms with Crippen molar-refractivity contribution in [2.45, 2.75) is 24.9 Å². The molecule has 0 atom stereocenters. The number of benzene rings is 1. The van der Waals surface area contributed by atoms with Gasteiger partial charge in [0, 0.05) is 18.6 Å². The molecular weight excluding hydrogens is 280 g/mol. The fourth-order valence-corrected chi connectivity index (χ4v) is 2.62. The zero-order valence-corrected chi connectivity index (χ0v) is 12.0. The molecule has 1 saturated carbocycles. The Morgan fingerprint density at radius 3 is 2.71 bits per heavy atom. The van der Waals surface area contributed by atoms with Crippen molar-refractivity contribution in [2.75, 3.05) is 20.7 Å². The van der Waals surface area contributed by atoms with Crippen LogP contribution in [-0.2, 0) is 6.54 Å². The van der Waals surface area contributed by atoms with Crippen molar-refractivity contribution in [3.05, 3.63) is 28.2 Å². The van der Waals surface area contributed by atoms with Gasteiger partial charge in [-0.05, 0) is 53.5 Å². The van der Waals surface area contributed by atoms with Gasteiger partial charge >= 0.3 is 0 Å². The van der Waals surface area contributed by atoms with Crippen molar-refractivity contribution in [1.82, 2.24) is 4.90 Å². The maximum Gasteiger partial charge on any atom is 0.133 e. The molecule has 0 amide bonds. The van der Waals surface area contributed by atoms with E-state index < -0.39 is 0 Å². The number of halogens is 1. The summed E-state index contributed by atoms with van der Waals surface area (Å²) in [7, 11) is 3.79. The van der Waals surface area contributed by atoms with Gasteiger partial charge in [0.2, 0.25) is 0 Å². The summed E-state index contributed by atoms with van der Waals surface area (Å²) in [6.45, 7) is 1.89. The number of likely N-dealkylation sites (N-methyl/N-ethyl adjacent to an activating group) is 1. The maximum absolute atomic E-state index is 6.11. The summed E-state index contributed by atoms with van der Waals surface area (Å²) in [6, 6.07) is 6.18. The molecule has 1 aromatic carbocycles. The molecule has 0 bridgehead atoms. The zero-order valence-electron chi connectivity index (χ0n) is 10.4. The molecule has 1 aliphatic rings. The van der Waals surface area contributed by atoms with Crippen molar-refractivity contribution >= 4 is 15.9 Å². The summed E-state index contributed by atoms with van der Waals surface area (Å²) in [5.74, 6) is 0.869. The predicted molar refractivity (Wildman–Crippen MR) is 73.2 cm³/mol. The largest absolute Gasteiger partial charge is 0.496 e. The molecule has 2 N–H and O–H groups in total. The smallest absolute Gasteiger partial charge is 0.133 e. The van der Waals surface area contributed by atoms with E-state index in [2.05, 4.69) is 40.0 Å². The third-order valence-electron chi connectivity index (χ3n) is 3.15. The summed E-state index contributed by atoms with van der Waals surface area (Å²) >= 11 is 3.50.